The largest absolute Gasteiger partial charge is 0.357 e. The van der Waals surface area contributed by atoms with Crippen molar-refractivity contribution in [1.29, 1.82) is 0 Å². The van der Waals surface area contributed by atoms with Crippen LogP contribution in [-0.2, 0) is 20.0 Å². The molecule has 0 aromatic carbocycles. The molecule has 0 unspecified atom stereocenters. The van der Waals surface area contributed by atoms with E-state index in [1.807, 2.05) is 28.8 Å². The van der Waals surface area contributed by atoms with E-state index in [0.29, 0.717) is 6.54 Å². The van der Waals surface area contributed by atoms with Crippen LogP contribution < -0.4 is 5.32 Å². The first-order valence-corrected chi connectivity index (χ1v) is 8.57. The van der Waals surface area contributed by atoms with Crippen molar-refractivity contribution >= 4 is 35.6 Å². The lowest BCUT2D eigenvalue weighted by molar-refractivity contribution is 0.462. The Hall–Kier alpha value is -2.10. The van der Waals surface area contributed by atoms with E-state index in [1.165, 1.54) is 5.69 Å². The topological polar surface area (TPSA) is 62.8 Å². The number of nitrogens with zero attached hydrogens (tertiary/aromatic N) is 6. The highest BCUT2D eigenvalue weighted by molar-refractivity contribution is 14.0. The summed E-state index contributed by atoms with van der Waals surface area (Å²) in [5.41, 5.74) is 2.12. The summed E-state index contributed by atoms with van der Waals surface area (Å²) in [5, 5.41) is 11.8. The third kappa shape index (κ3) is 4.75. The van der Waals surface area contributed by atoms with Gasteiger partial charge in [0.15, 0.2) is 11.6 Å². The third-order valence-corrected chi connectivity index (χ3v) is 4.13. The minimum Gasteiger partial charge on any atom is -0.357 e. The number of aromatic nitrogens is 4. The Bertz CT molecular complexity index is 852. The first-order chi connectivity index (χ1) is 12.2. The number of halogens is 1. The SMILES string of the molecule is CCNC(=NCCc1nnc2ccccn12)N(C)Cc1cccn1C.I. The molecule has 0 aliphatic carbocycles. The first kappa shape index (κ1) is 20.2. The molecule has 0 fully saturated rings. The van der Waals surface area contributed by atoms with Crippen LogP contribution in [0, 0.1) is 0 Å². The van der Waals surface area contributed by atoms with Crippen LogP contribution in [0.1, 0.15) is 18.4 Å². The predicted molar refractivity (Wildman–Crippen MR) is 115 cm³/mol. The predicted octanol–water partition coefficient (Wildman–Crippen LogP) is 2.33. The minimum absolute atomic E-state index is 0. The van der Waals surface area contributed by atoms with Gasteiger partial charge < -0.3 is 14.8 Å². The summed E-state index contributed by atoms with van der Waals surface area (Å²) in [6.07, 6.45) is 4.79. The molecule has 3 rings (SSSR count). The maximum absolute atomic E-state index is 4.75. The molecule has 0 aliphatic rings. The van der Waals surface area contributed by atoms with E-state index in [0.717, 1.165) is 36.9 Å². The zero-order valence-corrected chi connectivity index (χ0v) is 17.8. The van der Waals surface area contributed by atoms with Crippen molar-refractivity contribution in [3.8, 4) is 0 Å². The van der Waals surface area contributed by atoms with E-state index in [4.69, 9.17) is 4.99 Å². The summed E-state index contributed by atoms with van der Waals surface area (Å²) in [6, 6.07) is 10.1. The van der Waals surface area contributed by atoms with Crippen LogP contribution in [0.5, 0.6) is 0 Å². The molecule has 0 saturated heterocycles. The zero-order valence-electron chi connectivity index (χ0n) is 15.5. The van der Waals surface area contributed by atoms with Gasteiger partial charge in [0.1, 0.15) is 5.82 Å². The Kier molecular flexibility index (Phi) is 7.43. The second-order valence-electron chi connectivity index (χ2n) is 6.00. The van der Waals surface area contributed by atoms with Gasteiger partial charge in [-0.3, -0.25) is 9.39 Å². The quantitative estimate of drug-likeness (QED) is 0.344. The summed E-state index contributed by atoms with van der Waals surface area (Å²) < 4.78 is 4.14. The highest BCUT2D eigenvalue weighted by Gasteiger charge is 2.09. The molecule has 7 nitrogen and oxygen atoms in total. The monoisotopic (exact) mass is 467 g/mol. The highest BCUT2D eigenvalue weighted by Crippen LogP contribution is 2.05. The van der Waals surface area contributed by atoms with Crippen molar-refractivity contribution < 1.29 is 0 Å². The molecule has 3 aromatic rings. The van der Waals surface area contributed by atoms with Crippen molar-refractivity contribution in [2.24, 2.45) is 12.0 Å². The molecular weight excluding hydrogens is 441 g/mol. The fourth-order valence-corrected chi connectivity index (χ4v) is 2.77. The third-order valence-electron chi connectivity index (χ3n) is 4.13. The standard InChI is InChI=1S/C18H25N7.HI/c1-4-19-18(24(3)14-15-8-7-12-23(15)2)20-11-10-17-22-21-16-9-5-6-13-25(16)17;/h5-9,12-13H,4,10-11,14H2,1-3H3,(H,19,20);1H. The van der Waals surface area contributed by atoms with Crippen LogP contribution in [-0.4, -0.2) is 50.2 Å². The van der Waals surface area contributed by atoms with E-state index in [1.54, 1.807) is 0 Å². The normalized spacial score (nSPS) is 11.4. The van der Waals surface area contributed by atoms with Crippen molar-refractivity contribution in [1.82, 2.24) is 29.4 Å². The number of aryl methyl sites for hydroxylation is 1. The van der Waals surface area contributed by atoms with Gasteiger partial charge >= 0.3 is 0 Å². The number of aliphatic imine (C=N–C) groups is 1. The number of hydrogen-bond acceptors (Lipinski definition) is 3. The first-order valence-electron chi connectivity index (χ1n) is 8.57. The fourth-order valence-electron chi connectivity index (χ4n) is 2.77. The summed E-state index contributed by atoms with van der Waals surface area (Å²) >= 11 is 0. The molecule has 0 amide bonds. The summed E-state index contributed by atoms with van der Waals surface area (Å²) in [6.45, 7) is 4.39. The summed E-state index contributed by atoms with van der Waals surface area (Å²) in [5.74, 6) is 1.83. The number of nitrogens with one attached hydrogen (secondary N) is 1. The number of rotatable bonds is 6. The number of hydrogen-bond donors (Lipinski definition) is 1. The van der Waals surface area contributed by atoms with Gasteiger partial charge in [-0.1, -0.05) is 6.07 Å². The molecule has 8 heteroatoms. The summed E-state index contributed by atoms with van der Waals surface area (Å²) in [7, 11) is 4.12. The Morgan fingerprint density at radius 1 is 1.19 bits per heavy atom. The van der Waals surface area contributed by atoms with Crippen LogP contribution in [0.2, 0.25) is 0 Å². The molecule has 0 atom stereocenters. The van der Waals surface area contributed by atoms with Crippen molar-refractivity contribution in [2.45, 2.75) is 19.9 Å². The molecule has 26 heavy (non-hydrogen) atoms. The van der Waals surface area contributed by atoms with Gasteiger partial charge in [0.25, 0.3) is 0 Å². The molecule has 140 valence electrons. The molecule has 0 saturated carbocycles. The van der Waals surface area contributed by atoms with Gasteiger partial charge in [-0.25, -0.2) is 0 Å². The van der Waals surface area contributed by atoms with E-state index in [2.05, 4.69) is 64.3 Å². The molecule has 0 bridgehead atoms. The van der Waals surface area contributed by atoms with E-state index < -0.39 is 0 Å². The van der Waals surface area contributed by atoms with Crippen molar-refractivity contribution in [3.05, 3.63) is 54.2 Å². The minimum atomic E-state index is 0. The van der Waals surface area contributed by atoms with E-state index in [9.17, 15) is 0 Å². The lowest BCUT2D eigenvalue weighted by Gasteiger charge is -2.22. The smallest absolute Gasteiger partial charge is 0.194 e. The molecule has 0 radical (unpaired) electrons. The van der Waals surface area contributed by atoms with Gasteiger partial charge in [-0.15, -0.1) is 34.2 Å². The second-order valence-corrected chi connectivity index (χ2v) is 6.00. The lowest BCUT2D eigenvalue weighted by Crippen LogP contribution is -2.39. The Labute approximate surface area is 171 Å². The van der Waals surface area contributed by atoms with Crippen LogP contribution in [0.3, 0.4) is 0 Å². The molecule has 1 N–H and O–H groups in total. The number of fused-ring (bicyclic) bond motifs is 1. The highest BCUT2D eigenvalue weighted by atomic mass is 127. The van der Waals surface area contributed by atoms with Gasteiger partial charge in [0.2, 0.25) is 0 Å². The van der Waals surface area contributed by atoms with Gasteiger partial charge in [0.05, 0.1) is 6.54 Å². The molecule has 0 spiro atoms. The Morgan fingerprint density at radius 2 is 2.04 bits per heavy atom. The lowest BCUT2D eigenvalue weighted by atomic mass is 10.4. The van der Waals surface area contributed by atoms with Crippen LogP contribution in [0.4, 0.5) is 0 Å². The van der Waals surface area contributed by atoms with Gasteiger partial charge in [-0.2, -0.15) is 0 Å². The van der Waals surface area contributed by atoms with Crippen LogP contribution in [0.25, 0.3) is 5.65 Å². The van der Waals surface area contributed by atoms with Crippen molar-refractivity contribution in [3.63, 3.8) is 0 Å². The average molecular weight is 467 g/mol. The molecule has 3 aromatic heterocycles. The average Bonchev–Trinajstić information content (AvgIpc) is 3.21. The Morgan fingerprint density at radius 3 is 2.77 bits per heavy atom. The maximum Gasteiger partial charge on any atom is 0.194 e. The Balaban J connectivity index is 0.00000243. The van der Waals surface area contributed by atoms with E-state index >= 15 is 0 Å². The molecule has 3 heterocycles. The van der Waals surface area contributed by atoms with E-state index in [-0.39, 0.29) is 24.0 Å². The fraction of sp³-hybridized carbons (Fsp3) is 0.389. The zero-order chi connectivity index (χ0) is 17.6. The van der Waals surface area contributed by atoms with Crippen LogP contribution >= 0.6 is 24.0 Å². The van der Waals surface area contributed by atoms with Gasteiger partial charge in [-0.05, 0) is 31.2 Å². The van der Waals surface area contributed by atoms with Crippen molar-refractivity contribution in [2.75, 3.05) is 20.1 Å². The maximum atomic E-state index is 4.75. The molecule has 0 aliphatic heterocycles. The van der Waals surface area contributed by atoms with Gasteiger partial charge in [0, 0.05) is 51.7 Å². The second kappa shape index (κ2) is 9.56. The van der Waals surface area contributed by atoms with Crippen LogP contribution in [0.15, 0.2) is 47.7 Å². The number of pyridine rings is 1. The summed E-state index contributed by atoms with van der Waals surface area (Å²) in [4.78, 5) is 6.89. The molecular formula is C18H26IN7. The number of guanidine groups is 1.